The zero-order chi connectivity index (χ0) is 11.9. The highest BCUT2D eigenvalue weighted by Crippen LogP contribution is 2.18. The molecule has 2 nitrogen and oxygen atoms in total. The van der Waals surface area contributed by atoms with E-state index < -0.39 is 0 Å². The minimum Gasteiger partial charge on any atom is -0.492 e. The Kier molecular flexibility index (Phi) is 4.86. The van der Waals surface area contributed by atoms with E-state index >= 15 is 0 Å². The van der Waals surface area contributed by atoms with Gasteiger partial charge in [0, 0.05) is 23.3 Å². The Morgan fingerprint density at radius 1 is 1.24 bits per heavy atom. The van der Waals surface area contributed by atoms with Crippen LogP contribution in [0.1, 0.15) is 4.88 Å². The number of thiophene rings is 1. The lowest BCUT2D eigenvalue weighted by Crippen LogP contribution is -2.20. The number of benzene rings is 1. The van der Waals surface area contributed by atoms with Gasteiger partial charge in [-0.05, 0) is 18.2 Å². The SMILES string of the molecule is Clc1csc(CNCCOc2ccccc2)c1. The molecule has 1 N–H and O–H groups in total. The predicted molar refractivity (Wildman–Crippen MR) is 73.0 cm³/mol. The van der Waals surface area contributed by atoms with Gasteiger partial charge in [0.15, 0.2) is 0 Å². The van der Waals surface area contributed by atoms with Crippen molar-refractivity contribution in [2.75, 3.05) is 13.2 Å². The van der Waals surface area contributed by atoms with Gasteiger partial charge >= 0.3 is 0 Å². The second kappa shape index (κ2) is 6.64. The van der Waals surface area contributed by atoms with Crippen LogP contribution in [0.5, 0.6) is 5.75 Å². The lowest BCUT2D eigenvalue weighted by molar-refractivity contribution is 0.314. The van der Waals surface area contributed by atoms with Gasteiger partial charge < -0.3 is 10.1 Å². The van der Waals surface area contributed by atoms with Crippen LogP contribution in [0.25, 0.3) is 0 Å². The molecule has 0 spiro atoms. The fourth-order valence-corrected chi connectivity index (χ4v) is 2.46. The van der Waals surface area contributed by atoms with Gasteiger partial charge in [-0.1, -0.05) is 29.8 Å². The molecule has 1 heterocycles. The Bertz CT molecular complexity index is 444. The van der Waals surface area contributed by atoms with Crippen molar-refractivity contribution in [2.45, 2.75) is 6.54 Å². The number of halogens is 1. The molecule has 4 heteroatoms. The zero-order valence-corrected chi connectivity index (χ0v) is 10.9. The Morgan fingerprint density at radius 3 is 2.76 bits per heavy atom. The molecular formula is C13H14ClNOS. The first-order valence-electron chi connectivity index (χ1n) is 5.46. The van der Waals surface area contributed by atoms with Crippen LogP contribution in [0.4, 0.5) is 0 Å². The number of hydrogen-bond donors (Lipinski definition) is 1. The van der Waals surface area contributed by atoms with E-state index in [-0.39, 0.29) is 0 Å². The van der Waals surface area contributed by atoms with Gasteiger partial charge in [-0.3, -0.25) is 0 Å². The van der Waals surface area contributed by atoms with Gasteiger partial charge in [-0.2, -0.15) is 0 Å². The monoisotopic (exact) mass is 267 g/mol. The Labute approximate surface area is 110 Å². The summed E-state index contributed by atoms with van der Waals surface area (Å²) in [7, 11) is 0. The molecule has 0 saturated heterocycles. The fourth-order valence-electron chi connectivity index (χ4n) is 1.42. The van der Waals surface area contributed by atoms with Crippen molar-refractivity contribution in [3.8, 4) is 5.75 Å². The van der Waals surface area contributed by atoms with Gasteiger partial charge in [0.05, 0.1) is 5.02 Å². The van der Waals surface area contributed by atoms with Crippen molar-refractivity contribution in [3.05, 3.63) is 51.7 Å². The molecule has 0 amide bonds. The van der Waals surface area contributed by atoms with Crippen LogP contribution in [0, 0.1) is 0 Å². The lowest BCUT2D eigenvalue weighted by atomic mass is 10.3. The molecular weight excluding hydrogens is 254 g/mol. The summed E-state index contributed by atoms with van der Waals surface area (Å²) in [6, 6.07) is 11.8. The molecule has 0 unspecified atom stereocenters. The first-order valence-corrected chi connectivity index (χ1v) is 6.72. The molecule has 0 fully saturated rings. The maximum atomic E-state index is 5.84. The number of ether oxygens (including phenoxy) is 1. The second-order valence-corrected chi connectivity index (χ2v) is 5.00. The van der Waals surface area contributed by atoms with Crippen molar-refractivity contribution in [3.63, 3.8) is 0 Å². The van der Waals surface area contributed by atoms with E-state index in [9.17, 15) is 0 Å². The van der Waals surface area contributed by atoms with E-state index in [1.165, 1.54) is 4.88 Å². The largest absolute Gasteiger partial charge is 0.492 e. The molecule has 0 aliphatic rings. The summed E-state index contributed by atoms with van der Waals surface area (Å²) in [5, 5.41) is 6.07. The van der Waals surface area contributed by atoms with E-state index in [1.807, 2.05) is 41.8 Å². The molecule has 1 aromatic carbocycles. The maximum absolute atomic E-state index is 5.84. The average molecular weight is 268 g/mol. The van der Waals surface area contributed by atoms with Crippen molar-refractivity contribution in [1.82, 2.24) is 5.32 Å². The molecule has 17 heavy (non-hydrogen) atoms. The third kappa shape index (κ3) is 4.38. The van der Waals surface area contributed by atoms with Gasteiger partial charge in [0.25, 0.3) is 0 Å². The molecule has 1 aromatic heterocycles. The summed E-state index contributed by atoms with van der Waals surface area (Å²) in [4.78, 5) is 1.25. The molecule has 0 saturated carbocycles. The number of rotatable bonds is 6. The highest BCUT2D eigenvalue weighted by molar-refractivity contribution is 7.10. The predicted octanol–water partition coefficient (Wildman–Crippen LogP) is 3.57. The lowest BCUT2D eigenvalue weighted by Gasteiger charge is -2.06. The van der Waals surface area contributed by atoms with Crippen LogP contribution in [0.2, 0.25) is 5.02 Å². The van der Waals surface area contributed by atoms with Crippen LogP contribution in [0.3, 0.4) is 0 Å². The van der Waals surface area contributed by atoms with Gasteiger partial charge in [-0.25, -0.2) is 0 Å². The normalized spacial score (nSPS) is 10.4. The molecule has 0 radical (unpaired) electrons. The third-order valence-electron chi connectivity index (χ3n) is 2.21. The highest BCUT2D eigenvalue weighted by atomic mass is 35.5. The summed E-state index contributed by atoms with van der Waals surface area (Å²) in [6.07, 6.45) is 0. The Morgan fingerprint density at radius 2 is 2.06 bits per heavy atom. The smallest absolute Gasteiger partial charge is 0.119 e. The minimum absolute atomic E-state index is 0.670. The first kappa shape index (κ1) is 12.4. The van der Waals surface area contributed by atoms with Crippen molar-refractivity contribution < 1.29 is 4.74 Å². The van der Waals surface area contributed by atoms with Crippen LogP contribution in [-0.4, -0.2) is 13.2 Å². The van der Waals surface area contributed by atoms with Crippen molar-refractivity contribution >= 4 is 22.9 Å². The third-order valence-corrected chi connectivity index (χ3v) is 3.50. The van der Waals surface area contributed by atoms with Crippen molar-refractivity contribution in [1.29, 1.82) is 0 Å². The van der Waals surface area contributed by atoms with Crippen molar-refractivity contribution in [2.24, 2.45) is 0 Å². The molecule has 0 aliphatic heterocycles. The fraction of sp³-hybridized carbons (Fsp3) is 0.231. The summed E-state index contributed by atoms with van der Waals surface area (Å²) in [5.41, 5.74) is 0. The quantitative estimate of drug-likeness (QED) is 0.808. The topological polar surface area (TPSA) is 21.3 Å². The maximum Gasteiger partial charge on any atom is 0.119 e. The molecule has 2 aromatic rings. The van der Waals surface area contributed by atoms with Gasteiger partial charge in [0.2, 0.25) is 0 Å². The van der Waals surface area contributed by atoms with Crippen LogP contribution < -0.4 is 10.1 Å². The second-order valence-electron chi connectivity index (χ2n) is 3.57. The average Bonchev–Trinajstić information content (AvgIpc) is 2.76. The molecule has 2 rings (SSSR count). The molecule has 0 atom stereocenters. The number of hydrogen-bond acceptors (Lipinski definition) is 3. The Hall–Kier alpha value is -1.03. The van der Waals surface area contributed by atoms with E-state index in [2.05, 4.69) is 5.32 Å². The summed E-state index contributed by atoms with van der Waals surface area (Å²) in [6.45, 7) is 2.34. The van der Waals surface area contributed by atoms with E-state index in [4.69, 9.17) is 16.3 Å². The van der Waals surface area contributed by atoms with Gasteiger partial charge in [-0.15, -0.1) is 11.3 Å². The van der Waals surface area contributed by atoms with E-state index in [0.717, 1.165) is 23.9 Å². The Balaban J connectivity index is 1.61. The van der Waals surface area contributed by atoms with Crippen LogP contribution in [0.15, 0.2) is 41.8 Å². The first-order chi connectivity index (χ1) is 8.34. The van der Waals surface area contributed by atoms with Crippen LogP contribution >= 0.6 is 22.9 Å². The summed E-state index contributed by atoms with van der Waals surface area (Å²) in [5.74, 6) is 0.911. The molecule has 0 aliphatic carbocycles. The minimum atomic E-state index is 0.670. The number of para-hydroxylation sites is 1. The summed E-state index contributed by atoms with van der Waals surface area (Å²) < 4.78 is 5.56. The highest BCUT2D eigenvalue weighted by Gasteiger charge is 1.97. The number of nitrogens with one attached hydrogen (secondary N) is 1. The molecule has 90 valence electrons. The standard InChI is InChI=1S/C13H14ClNOS/c14-11-8-13(17-10-11)9-15-6-7-16-12-4-2-1-3-5-12/h1-5,8,10,15H,6-7,9H2. The molecule has 0 bridgehead atoms. The zero-order valence-electron chi connectivity index (χ0n) is 9.36. The van der Waals surface area contributed by atoms with E-state index in [1.54, 1.807) is 11.3 Å². The van der Waals surface area contributed by atoms with E-state index in [0.29, 0.717) is 6.61 Å². The van der Waals surface area contributed by atoms with Crippen LogP contribution in [-0.2, 0) is 6.54 Å². The summed E-state index contributed by atoms with van der Waals surface area (Å²) >= 11 is 7.51. The van der Waals surface area contributed by atoms with Gasteiger partial charge in [0.1, 0.15) is 12.4 Å².